The summed E-state index contributed by atoms with van der Waals surface area (Å²) in [7, 11) is 2.03. The average molecular weight is 226 g/mol. The molecule has 0 aliphatic carbocycles. The van der Waals surface area contributed by atoms with Gasteiger partial charge in [0.05, 0.1) is 5.69 Å². The lowest BCUT2D eigenvalue weighted by Crippen LogP contribution is -2.22. The van der Waals surface area contributed by atoms with Crippen LogP contribution in [-0.4, -0.2) is 7.05 Å². The summed E-state index contributed by atoms with van der Waals surface area (Å²) in [5, 5.41) is 0. The summed E-state index contributed by atoms with van der Waals surface area (Å²) in [5.74, 6) is 0.928. The minimum atomic E-state index is -0.0620. The van der Waals surface area contributed by atoms with E-state index in [1.54, 1.807) is 0 Å². The molecule has 2 aromatic rings. The van der Waals surface area contributed by atoms with E-state index in [1.807, 2.05) is 49.5 Å². The maximum Gasteiger partial charge on any atom is 0.198 e. The molecule has 0 spiro atoms. The largest absolute Gasteiger partial charge is 0.464 e. The van der Waals surface area contributed by atoms with Gasteiger partial charge in [-0.25, -0.2) is 0 Å². The van der Waals surface area contributed by atoms with Crippen LogP contribution in [-0.2, 0) is 0 Å². The number of rotatable bonds is 1. The number of ether oxygens (including phenoxy) is 1. The Morgan fingerprint density at radius 2 is 1.76 bits per heavy atom. The first-order chi connectivity index (χ1) is 8.25. The molecule has 0 saturated carbocycles. The fourth-order valence-corrected chi connectivity index (χ4v) is 2.13. The Labute approximate surface area is 100 Å². The molecule has 1 atom stereocenters. The number of nitrogens with two attached hydrogens (primary N) is 1. The maximum atomic E-state index is 5.93. The number of fused-ring (bicyclic) bond motifs is 1. The van der Waals surface area contributed by atoms with Gasteiger partial charge in [-0.15, -0.1) is 0 Å². The second-order valence-electron chi connectivity index (χ2n) is 4.22. The van der Waals surface area contributed by atoms with Gasteiger partial charge in [0.1, 0.15) is 5.75 Å². The minimum absolute atomic E-state index is 0.0620. The van der Waals surface area contributed by atoms with E-state index in [4.69, 9.17) is 10.5 Å². The van der Waals surface area contributed by atoms with Crippen LogP contribution >= 0.6 is 0 Å². The smallest absolute Gasteiger partial charge is 0.198 e. The third-order valence-corrected chi connectivity index (χ3v) is 3.06. The molecule has 1 aliphatic heterocycles. The Morgan fingerprint density at radius 3 is 2.47 bits per heavy atom. The highest BCUT2D eigenvalue weighted by Gasteiger charge is 2.28. The fraction of sp³-hybridized carbons (Fsp3) is 0.143. The second kappa shape index (κ2) is 3.70. The molecule has 1 heterocycles. The van der Waals surface area contributed by atoms with E-state index in [2.05, 4.69) is 11.0 Å². The minimum Gasteiger partial charge on any atom is -0.464 e. The van der Waals surface area contributed by atoms with Gasteiger partial charge in [0.25, 0.3) is 0 Å². The molecule has 1 unspecified atom stereocenters. The van der Waals surface area contributed by atoms with Gasteiger partial charge in [0, 0.05) is 18.3 Å². The van der Waals surface area contributed by atoms with Gasteiger partial charge in [-0.05, 0) is 24.3 Å². The van der Waals surface area contributed by atoms with E-state index in [9.17, 15) is 0 Å². The number of anilines is 2. The molecule has 0 aromatic heterocycles. The standard InChI is InChI=1S/C14H14N2O/c1-16-12-4-2-3-5-13(12)17-14(16)10-6-8-11(15)9-7-10/h2-9,14H,15H2,1H3. The Bertz CT molecular complexity index is 536. The van der Waals surface area contributed by atoms with Gasteiger partial charge in [-0.3, -0.25) is 0 Å². The molecule has 3 nitrogen and oxygen atoms in total. The van der Waals surface area contributed by atoms with Crippen molar-refractivity contribution in [2.45, 2.75) is 6.23 Å². The molecular formula is C14H14N2O. The predicted molar refractivity (Wildman–Crippen MR) is 69.1 cm³/mol. The molecule has 86 valence electrons. The highest BCUT2D eigenvalue weighted by atomic mass is 16.5. The zero-order valence-electron chi connectivity index (χ0n) is 9.63. The number of benzene rings is 2. The summed E-state index contributed by atoms with van der Waals surface area (Å²) in [6.45, 7) is 0. The molecule has 0 fully saturated rings. The van der Waals surface area contributed by atoms with E-state index in [1.165, 1.54) is 0 Å². The van der Waals surface area contributed by atoms with Crippen LogP contribution in [0.2, 0.25) is 0 Å². The molecule has 1 aliphatic rings. The van der Waals surface area contributed by atoms with Crippen molar-refractivity contribution in [1.29, 1.82) is 0 Å². The number of nitrogen functional groups attached to an aromatic ring is 1. The van der Waals surface area contributed by atoms with Gasteiger partial charge in [-0.1, -0.05) is 24.3 Å². The van der Waals surface area contributed by atoms with E-state index >= 15 is 0 Å². The Hall–Kier alpha value is -2.16. The topological polar surface area (TPSA) is 38.5 Å². The molecular weight excluding hydrogens is 212 g/mol. The first kappa shape index (κ1) is 10.0. The van der Waals surface area contributed by atoms with Crippen LogP contribution in [0.25, 0.3) is 0 Å². The SMILES string of the molecule is CN1c2ccccc2OC1c1ccc(N)cc1. The summed E-state index contributed by atoms with van der Waals surface area (Å²) in [5.41, 5.74) is 8.69. The quantitative estimate of drug-likeness (QED) is 0.760. The molecule has 0 bridgehead atoms. The predicted octanol–water partition coefficient (Wildman–Crippen LogP) is 2.80. The summed E-state index contributed by atoms with van der Waals surface area (Å²) >= 11 is 0. The monoisotopic (exact) mass is 226 g/mol. The molecule has 0 amide bonds. The molecule has 3 heteroatoms. The van der Waals surface area contributed by atoms with Gasteiger partial charge < -0.3 is 15.4 Å². The van der Waals surface area contributed by atoms with Crippen molar-refractivity contribution in [2.75, 3.05) is 17.7 Å². The van der Waals surface area contributed by atoms with E-state index in [0.29, 0.717) is 0 Å². The van der Waals surface area contributed by atoms with Crippen molar-refractivity contribution in [3.05, 3.63) is 54.1 Å². The Balaban J connectivity index is 1.96. The summed E-state index contributed by atoms with van der Waals surface area (Å²) < 4.78 is 5.93. The lowest BCUT2D eigenvalue weighted by molar-refractivity contribution is 0.235. The van der Waals surface area contributed by atoms with Gasteiger partial charge >= 0.3 is 0 Å². The molecule has 17 heavy (non-hydrogen) atoms. The van der Waals surface area contributed by atoms with Crippen molar-refractivity contribution < 1.29 is 4.74 Å². The zero-order chi connectivity index (χ0) is 11.8. The molecule has 0 radical (unpaired) electrons. The number of nitrogens with zero attached hydrogens (tertiary/aromatic N) is 1. The van der Waals surface area contributed by atoms with Gasteiger partial charge in [-0.2, -0.15) is 0 Å². The van der Waals surface area contributed by atoms with Crippen molar-refractivity contribution in [3.63, 3.8) is 0 Å². The van der Waals surface area contributed by atoms with E-state index in [0.717, 1.165) is 22.7 Å². The van der Waals surface area contributed by atoms with Gasteiger partial charge in [0.15, 0.2) is 6.23 Å². The molecule has 0 saturated heterocycles. The number of para-hydroxylation sites is 2. The molecule has 2 N–H and O–H groups in total. The maximum absolute atomic E-state index is 5.93. The third-order valence-electron chi connectivity index (χ3n) is 3.06. The summed E-state index contributed by atoms with van der Waals surface area (Å²) in [6, 6.07) is 15.9. The zero-order valence-corrected chi connectivity index (χ0v) is 9.63. The normalized spacial score (nSPS) is 17.7. The lowest BCUT2D eigenvalue weighted by atomic mass is 10.1. The summed E-state index contributed by atoms with van der Waals surface area (Å²) in [4.78, 5) is 2.13. The van der Waals surface area contributed by atoms with Crippen LogP contribution in [0.5, 0.6) is 5.75 Å². The van der Waals surface area contributed by atoms with Crippen LogP contribution in [0.15, 0.2) is 48.5 Å². The lowest BCUT2D eigenvalue weighted by Gasteiger charge is -2.20. The third kappa shape index (κ3) is 1.60. The first-order valence-corrected chi connectivity index (χ1v) is 5.59. The highest BCUT2D eigenvalue weighted by Crippen LogP contribution is 2.41. The van der Waals surface area contributed by atoms with Crippen molar-refractivity contribution >= 4 is 11.4 Å². The van der Waals surface area contributed by atoms with Crippen molar-refractivity contribution in [1.82, 2.24) is 0 Å². The average Bonchev–Trinajstić information content (AvgIpc) is 2.69. The second-order valence-corrected chi connectivity index (χ2v) is 4.22. The van der Waals surface area contributed by atoms with Crippen LogP contribution in [0.4, 0.5) is 11.4 Å². The molecule has 3 rings (SSSR count). The number of hydrogen-bond acceptors (Lipinski definition) is 3. The first-order valence-electron chi connectivity index (χ1n) is 5.59. The van der Waals surface area contributed by atoms with Gasteiger partial charge in [0.2, 0.25) is 0 Å². The van der Waals surface area contributed by atoms with Crippen LogP contribution in [0.3, 0.4) is 0 Å². The Morgan fingerprint density at radius 1 is 1.06 bits per heavy atom. The van der Waals surface area contributed by atoms with E-state index in [-0.39, 0.29) is 6.23 Å². The van der Waals surface area contributed by atoms with E-state index < -0.39 is 0 Å². The van der Waals surface area contributed by atoms with Crippen LogP contribution in [0.1, 0.15) is 11.8 Å². The highest BCUT2D eigenvalue weighted by molar-refractivity contribution is 5.62. The van der Waals surface area contributed by atoms with Crippen molar-refractivity contribution in [2.24, 2.45) is 0 Å². The Kier molecular flexibility index (Phi) is 2.18. The van der Waals surface area contributed by atoms with Crippen molar-refractivity contribution in [3.8, 4) is 5.75 Å². The van der Waals surface area contributed by atoms with Crippen LogP contribution < -0.4 is 15.4 Å². The number of hydrogen-bond donors (Lipinski definition) is 1. The summed E-state index contributed by atoms with van der Waals surface area (Å²) in [6.07, 6.45) is -0.0620. The molecule has 2 aromatic carbocycles. The van der Waals surface area contributed by atoms with Crippen LogP contribution in [0, 0.1) is 0 Å². The fourth-order valence-electron chi connectivity index (χ4n) is 2.13.